The zero-order chi connectivity index (χ0) is 26.7. The third kappa shape index (κ3) is 5.70. The van der Waals surface area contributed by atoms with E-state index >= 15 is 0 Å². The summed E-state index contributed by atoms with van der Waals surface area (Å²) in [5, 5.41) is 10.7. The molecule has 0 atom stereocenters. The zero-order valence-electron chi connectivity index (χ0n) is 18.6. The highest BCUT2D eigenvalue weighted by Crippen LogP contribution is 2.40. The number of ether oxygens (including phenoxy) is 1. The number of carbonyl (C=O) groups excluding carboxylic acids is 3. The summed E-state index contributed by atoms with van der Waals surface area (Å²) in [6, 6.07) is 16.0. The Labute approximate surface area is 211 Å². The first-order valence-corrected chi connectivity index (χ1v) is 11.3. The molecule has 0 aliphatic carbocycles. The first-order valence-electron chi connectivity index (χ1n) is 10.5. The smallest absolute Gasteiger partial charge is 0.416 e. The number of thioether (sulfide) groups is 1. The van der Waals surface area contributed by atoms with Gasteiger partial charge in [-0.2, -0.15) is 13.2 Å². The van der Waals surface area contributed by atoms with Crippen LogP contribution in [-0.2, 0) is 11.0 Å². The molecule has 12 heteroatoms. The third-order valence-electron chi connectivity index (χ3n) is 5.18. The third-order valence-corrected chi connectivity index (χ3v) is 6.09. The number of nitrogens with zero attached hydrogens (tertiary/aromatic N) is 2. The zero-order valence-corrected chi connectivity index (χ0v) is 19.4. The van der Waals surface area contributed by atoms with Gasteiger partial charge in [-0.15, -0.1) is 0 Å². The van der Waals surface area contributed by atoms with E-state index in [0.717, 1.165) is 11.0 Å². The maximum absolute atomic E-state index is 13.0. The Morgan fingerprint density at radius 3 is 2.35 bits per heavy atom. The van der Waals surface area contributed by atoms with Crippen LogP contribution in [0.2, 0.25) is 0 Å². The van der Waals surface area contributed by atoms with Crippen LogP contribution in [0.3, 0.4) is 0 Å². The molecule has 0 N–H and O–H groups in total. The van der Waals surface area contributed by atoms with Crippen molar-refractivity contribution >= 4 is 40.5 Å². The van der Waals surface area contributed by atoms with Crippen LogP contribution < -0.4 is 4.74 Å². The van der Waals surface area contributed by atoms with Gasteiger partial charge in [-0.3, -0.25) is 29.4 Å². The van der Waals surface area contributed by atoms with Crippen molar-refractivity contribution in [2.75, 3.05) is 6.54 Å². The van der Waals surface area contributed by atoms with Crippen molar-refractivity contribution in [1.29, 1.82) is 0 Å². The van der Waals surface area contributed by atoms with Gasteiger partial charge < -0.3 is 4.74 Å². The summed E-state index contributed by atoms with van der Waals surface area (Å²) in [6.07, 6.45) is -3.48. The number of carbonyl (C=O) groups is 3. The second-order valence-corrected chi connectivity index (χ2v) is 8.63. The Hall–Kier alpha value is -4.45. The molecule has 3 aromatic carbocycles. The van der Waals surface area contributed by atoms with E-state index in [0.29, 0.717) is 29.5 Å². The molecular formula is C25H15F3N2O6S. The van der Waals surface area contributed by atoms with Crippen LogP contribution in [0.1, 0.15) is 21.5 Å². The average Bonchev–Trinajstić information content (AvgIpc) is 3.12. The van der Waals surface area contributed by atoms with Crippen molar-refractivity contribution in [1.82, 2.24) is 4.90 Å². The summed E-state index contributed by atoms with van der Waals surface area (Å²) in [4.78, 5) is 48.9. The standard InChI is InChI=1S/C25H15F3N2O6S/c26-25(27,28)17-10-11-21(18(13-17)30(34)35)36-20-9-5-4-8-16(20)12-22-23(32)29(24(33)37-22)14-19(31)15-6-2-1-3-7-15/h1-13H,14H2/b22-12+. The van der Waals surface area contributed by atoms with Gasteiger partial charge in [-0.25, -0.2) is 0 Å². The number of halogens is 3. The SMILES string of the molecule is O=C(CN1C(=O)S/C(=C/c2ccccc2Oc2ccc(C(F)(F)F)cc2[N+](=O)[O-])C1=O)c1ccccc1. The maximum atomic E-state index is 13.0. The van der Waals surface area contributed by atoms with Gasteiger partial charge in [-0.1, -0.05) is 48.5 Å². The van der Waals surface area contributed by atoms with E-state index in [1.807, 2.05) is 0 Å². The number of nitro benzene ring substituents is 1. The number of hydrogen-bond donors (Lipinski definition) is 0. The van der Waals surface area contributed by atoms with Crippen LogP contribution in [-0.4, -0.2) is 33.3 Å². The molecule has 0 spiro atoms. The van der Waals surface area contributed by atoms with E-state index < -0.39 is 51.6 Å². The number of rotatable bonds is 7. The molecule has 1 saturated heterocycles. The second kappa shape index (κ2) is 10.3. The first-order chi connectivity index (χ1) is 17.5. The number of Topliss-reactive ketones (excluding diaryl/α,β-unsaturated/α-hetero) is 1. The van der Waals surface area contributed by atoms with Crippen LogP contribution in [0, 0.1) is 10.1 Å². The average molecular weight is 528 g/mol. The van der Waals surface area contributed by atoms with Crippen molar-refractivity contribution < 1.29 is 37.2 Å². The summed E-state index contributed by atoms with van der Waals surface area (Å²) in [5.41, 5.74) is -1.54. The van der Waals surface area contributed by atoms with Gasteiger partial charge in [0.25, 0.3) is 11.1 Å². The second-order valence-electron chi connectivity index (χ2n) is 7.63. The molecule has 0 aromatic heterocycles. The Balaban J connectivity index is 1.60. The molecule has 1 fully saturated rings. The number of nitro groups is 1. The fraction of sp³-hybridized carbons (Fsp3) is 0.0800. The fourth-order valence-electron chi connectivity index (χ4n) is 3.37. The Morgan fingerprint density at radius 1 is 1.00 bits per heavy atom. The Kier molecular flexibility index (Phi) is 7.11. The molecule has 0 bridgehead atoms. The molecule has 2 amide bonds. The molecule has 4 rings (SSSR count). The molecule has 188 valence electrons. The van der Waals surface area contributed by atoms with Crippen molar-refractivity contribution in [3.05, 3.63) is 105 Å². The normalized spacial score (nSPS) is 14.8. The van der Waals surface area contributed by atoms with Crippen LogP contribution in [0.15, 0.2) is 77.7 Å². The summed E-state index contributed by atoms with van der Waals surface area (Å²) in [7, 11) is 0. The van der Waals surface area contributed by atoms with E-state index in [-0.39, 0.29) is 16.2 Å². The first kappa shape index (κ1) is 25.6. The summed E-state index contributed by atoms with van der Waals surface area (Å²) < 4.78 is 44.6. The number of benzene rings is 3. The summed E-state index contributed by atoms with van der Waals surface area (Å²) in [6.45, 7) is -0.456. The molecule has 0 radical (unpaired) electrons. The molecule has 8 nitrogen and oxygen atoms in total. The number of hydrogen-bond acceptors (Lipinski definition) is 7. The van der Waals surface area contributed by atoms with E-state index in [2.05, 4.69) is 0 Å². The van der Waals surface area contributed by atoms with Gasteiger partial charge in [0, 0.05) is 17.2 Å². The van der Waals surface area contributed by atoms with Gasteiger partial charge in [0.1, 0.15) is 5.75 Å². The molecule has 0 unspecified atom stereocenters. The molecular weight excluding hydrogens is 513 g/mol. The van der Waals surface area contributed by atoms with Crippen LogP contribution in [0.5, 0.6) is 11.5 Å². The molecule has 37 heavy (non-hydrogen) atoms. The van der Waals surface area contributed by atoms with E-state index in [1.165, 1.54) is 24.3 Å². The fourth-order valence-corrected chi connectivity index (χ4v) is 4.20. The highest BCUT2D eigenvalue weighted by Gasteiger charge is 2.37. The summed E-state index contributed by atoms with van der Waals surface area (Å²) in [5.74, 6) is -1.59. The van der Waals surface area contributed by atoms with E-state index in [1.54, 1.807) is 36.4 Å². The van der Waals surface area contributed by atoms with Crippen molar-refractivity contribution in [2.24, 2.45) is 0 Å². The number of imide groups is 1. The molecule has 0 saturated carbocycles. The van der Waals surface area contributed by atoms with Gasteiger partial charge in [0.15, 0.2) is 5.78 Å². The van der Waals surface area contributed by atoms with Crippen molar-refractivity contribution in [3.63, 3.8) is 0 Å². The highest BCUT2D eigenvalue weighted by atomic mass is 32.2. The van der Waals surface area contributed by atoms with Crippen molar-refractivity contribution in [3.8, 4) is 11.5 Å². The van der Waals surface area contributed by atoms with Crippen LogP contribution in [0.4, 0.5) is 23.7 Å². The Bertz CT molecular complexity index is 1440. The molecule has 1 aliphatic heterocycles. The predicted octanol–water partition coefficient (Wildman–Crippen LogP) is 6.33. The van der Waals surface area contributed by atoms with Crippen LogP contribution in [0.25, 0.3) is 6.08 Å². The quantitative estimate of drug-likeness (QED) is 0.153. The van der Waals surface area contributed by atoms with Gasteiger partial charge in [-0.05, 0) is 36.0 Å². The van der Waals surface area contributed by atoms with Gasteiger partial charge in [0.05, 0.1) is 21.9 Å². The molecule has 3 aromatic rings. The lowest BCUT2D eigenvalue weighted by molar-refractivity contribution is -0.385. The lowest BCUT2D eigenvalue weighted by Crippen LogP contribution is -2.33. The van der Waals surface area contributed by atoms with Crippen molar-refractivity contribution in [2.45, 2.75) is 6.18 Å². The maximum Gasteiger partial charge on any atom is 0.416 e. The minimum atomic E-state index is -4.79. The topological polar surface area (TPSA) is 107 Å². The number of para-hydroxylation sites is 1. The van der Waals surface area contributed by atoms with E-state index in [9.17, 15) is 37.7 Å². The Morgan fingerprint density at radius 2 is 1.68 bits per heavy atom. The minimum Gasteiger partial charge on any atom is -0.449 e. The minimum absolute atomic E-state index is 0.00230. The number of ketones is 1. The summed E-state index contributed by atoms with van der Waals surface area (Å²) >= 11 is 0.599. The number of alkyl halides is 3. The molecule has 1 aliphatic rings. The van der Waals surface area contributed by atoms with Crippen LogP contribution >= 0.6 is 11.8 Å². The highest BCUT2D eigenvalue weighted by molar-refractivity contribution is 8.18. The van der Waals surface area contributed by atoms with Gasteiger partial charge in [0.2, 0.25) is 5.75 Å². The molecule has 1 heterocycles. The van der Waals surface area contributed by atoms with Gasteiger partial charge >= 0.3 is 11.9 Å². The van der Waals surface area contributed by atoms with E-state index in [4.69, 9.17) is 4.74 Å². The lowest BCUT2D eigenvalue weighted by atomic mass is 10.1. The predicted molar refractivity (Wildman–Crippen MR) is 128 cm³/mol. The lowest BCUT2D eigenvalue weighted by Gasteiger charge is -2.12. The largest absolute Gasteiger partial charge is 0.449 e. The number of amides is 2. The monoisotopic (exact) mass is 528 g/mol.